The molecule has 5 rings (SSSR count). The Morgan fingerprint density at radius 1 is 1.00 bits per heavy atom. The number of para-hydroxylation sites is 1. The van der Waals surface area contributed by atoms with Crippen LogP contribution in [-0.2, 0) is 13.0 Å². The molecule has 5 aromatic rings. The van der Waals surface area contributed by atoms with Crippen LogP contribution in [0.25, 0.3) is 28.2 Å². The van der Waals surface area contributed by atoms with Gasteiger partial charge in [-0.3, -0.25) is 14.1 Å². The summed E-state index contributed by atoms with van der Waals surface area (Å²) in [6.07, 6.45) is 7.34. The van der Waals surface area contributed by atoms with Gasteiger partial charge in [0.25, 0.3) is 0 Å². The third kappa shape index (κ3) is 4.45. The number of imidazole rings is 1. The molecular formula is C26H23F2N7O. The van der Waals surface area contributed by atoms with E-state index in [0.717, 1.165) is 57.5 Å². The quantitative estimate of drug-likeness (QED) is 0.347. The first-order chi connectivity index (χ1) is 17.6. The lowest BCUT2D eigenvalue weighted by Crippen LogP contribution is -2.25. The zero-order valence-corrected chi connectivity index (χ0v) is 19.5. The number of nitrogens with one attached hydrogen (secondary N) is 1. The predicted octanol–water partition coefficient (Wildman–Crippen LogP) is 4.55. The normalized spacial score (nSPS) is 11.2. The SMILES string of the molecule is CCCCc1cn(-c2c(F)cccc2F)c(=O)n1Cc1ccc(-c2cnccc2-c2nn[nH]n2)cc1. The molecule has 3 aromatic heterocycles. The zero-order valence-electron chi connectivity index (χ0n) is 19.5. The van der Waals surface area contributed by atoms with E-state index in [0.29, 0.717) is 12.2 Å². The van der Waals surface area contributed by atoms with Gasteiger partial charge in [0, 0.05) is 35.4 Å². The Morgan fingerprint density at radius 3 is 2.47 bits per heavy atom. The minimum absolute atomic E-state index is 0.270. The number of pyridine rings is 1. The first-order valence-electron chi connectivity index (χ1n) is 11.6. The predicted molar refractivity (Wildman–Crippen MR) is 131 cm³/mol. The van der Waals surface area contributed by atoms with Crippen LogP contribution in [0.5, 0.6) is 0 Å². The van der Waals surface area contributed by atoms with Gasteiger partial charge in [-0.25, -0.2) is 13.6 Å². The van der Waals surface area contributed by atoms with Crippen LogP contribution in [0.2, 0.25) is 0 Å². The fourth-order valence-electron chi connectivity index (χ4n) is 4.20. The topological polar surface area (TPSA) is 94.3 Å². The van der Waals surface area contributed by atoms with Crippen molar-refractivity contribution in [1.82, 2.24) is 34.7 Å². The van der Waals surface area contributed by atoms with Crippen molar-refractivity contribution in [3.8, 4) is 28.2 Å². The molecule has 0 aliphatic heterocycles. The number of H-pyrrole nitrogens is 1. The second-order valence-corrected chi connectivity index (χ2v) is 8.39. The first-order valence-corrected chi connectivity index (χ1v) is 11.6. The summed E-state index contributed by atoms with van der Waals surface area (Å²) < 4.78 is 31.5. The molecule has 0 aliphatic carbocycles. The van der Waals surface area contributed by atoms with Gasteiger partial charge in [-0.05, 0) is 47.4 Å². The lowest BCUT2D eigenvalue weighted by Gasteiger charge is -2.10. The molecule has 3 heterocycles. The monoisotopic (exact) mass is 487 g/mol. The molecule has 2 aromatic carbocycles. The van der Waals surface area contributed by atoms with Crippen molar-refractivity contribution in [2.75, 3.05) is 0 Å². The Morgan fingerprint density at radius 2 is 1.78 bits per heavy atom. The summed E-state index contributed by atoms with van der Waals surface area (Å²) >= 11 is 0. The Kier molecular flexibility index (Phi) is 6.48. The van der Waals surface area contributed by atoms with Crippen LogP contribution in [0, 0.1) is 11.6 Å². The van der Waals surface area contributed by atoms with Crippen LogP contribution in [0.15, 0.2) is 71.9 Å². The second-order valence-electron chi connectivity index (χ2n) is 8.39. The van der Waals surface area contributed by atoms with Crippen LogP contribution in [0.3, 0.4) is 0 Å². The van der Waals surface area contributed by atoms with Gasteiger partial charge in [0.15, 0.2) is 0 Å². The molecular weight excluding hydrogens is 464 g/mol. The maximum Gasteiger partial charge on any atom is 0.333 e. The highest BCUT2D eigenvalue weighted by molar-refractivity contribution is 5.79. The van der Waals surface area contributed by atoms with Gasteiger partial charge in [0.05, 0.1) is 6.54 Å². The maximum absolute atomic E-state index is 14.4. The van der Waals surface area contributed by atoms with Crippen LogP contribution in [0.4, 0.5) is 8.78 Å². The van der Waals surface area contributed by atoms with E-state index in [9.17, 15) is 13.6 Å². The lowest BCUT2D eigenvalue weighted by atomic mass is 10.0. The van der Waals surface area contributed by atoms with Crippen LogP contribution in [-0.4, -0.2) is 34.7 Å². The molecule has 0 bridgehead atoms. The molecule has 36 heavy (non-hydrogen) atoms. The highest BCUT2D eigenvalue weighted by Crippen LogP contribution is 2.29. The van der Waals surface area contributed by atoms with E-state index < -0.39 is 17.3 Å². The van der Waals surface area contributed by atoms with E-state index >= 15 is 0 Å². The van der Waals surface area contributed by atoms with E-state index in [1.54, 1.807) is 23.2 Å². The minimum atomic E-state index is -0.783. The summed E-state index contributed by atoms with van der Waals surface area (Å²) in [5.74, 6) is -1.10. The first kappa shape index (κ1) is 23.3. The number of benzene rings is 2. The number of tetrazole rings is 1. The van der Waals surface area contributed by atoms with Gasteiger partial charge in [-0.2, -0.15) is 5.21 Å². The van der Waals surface area contributed by atoms with Crippen molar-refractivity contribution in [1.29, 1.82) is 0 Å². The molecule has 0 amide bonds. The molecule has 0 saturated carbocycles. The van der Waals surface area contributed by atoms with Crippen molar-refractivity contribution >= 4 is 0 Å². The highest BCUT2D eigenvalue weighted by atomic mass is 19.1. The van der Waals surface area contributed by atoms with Crippen molar-refractivity contribution in [3.63, 3.8) is 0 Å². The van der Waals surface area contributed by atoms with Gasteiger partial charge in [-0.1, -0.05) is 43.7 Å². The van der Waals surface area contributed by atoms with E-state index in [-0.39, 0.29) is 12.2 Å². The number of aromatic nitrogens is 7. The van der Waals surface area contributed by atoms with Crippen molar-refractivity contribution in [3.05, 3.63) is 100 Å². The van der Waals surface area contributed by atoms with E-state index in [4.69, 9.17) is 0 Å². The number of aromatic amines is 1. The van der Waals surface area contributed by atoms with E-state index in [2.05, 4.69) is 32.5 Å². The van der Waals surface area contributed by atoms with Crippen molar-refractivity contribution in [2.45, 2.75) is 32.7 Å². The number of unbranched alkanes of at least 4 members (excludes halogenated alkanes) is 1. The van der Waals surface area contributed by atoms with E-state index in [1.807, 2.05) is 30.3 Å². The fourth-order valence-corrected chi connectivity index (χ4v) is 4.20. The molecule has 0 atom stereocenters. The minimum Gasteiger partial charge on any atom is -0.292 e. The maximum atomic E-state index is 14.4. The van der Waals surface area contributed by atoms with Crippen molar-refractivity contribution in [2.24, 2.45) is 0 Å². The van der Waals surface area contributed by atoms with Crippen LogP contribution < -0.4 is 5.69 Å². The smallest absolute Gasteiger partial charge is 0.292 e. The number of hydrogen-bond acceptors (Lipinski definition) is 5. The summed E-state index contributed by atoms with van der Waals surface area (Å²) in [7, 11) is 0. The van der Waals surface area contributed by atoms with Gasteiger partial charge in [0.1, 0.15) is 17.3 Å². The van der Waals surface area contributed by atoms with Crippen LogP contribution in [0.1, 0.15) is 31.0 Å². The number of rotatable bonds is 8. The average molecular weight is 488 g/mol. The summed E-state index contributed by atoms with van der Waals surface area (Å²) in [5, 5.41) is 14.2. The molecule has 10 heteroatoms. The molecule has 0 spiro atoms. The van der Waals surface area contributed by atoms with Crippen LogP contribution >= 0.6 is 0 Å². The second kappa shape index (κ2) is 10.0. The summed E-state index contributed by atoms with van der Waals surface area (Å²) in [6.45, 7) is 2.32. The van der Waals surface area contributed by atoms with Gasteiger partial charge < -0.3 is 0 Å². The van der Waals surface area contributed by atoms with Crippen molar-refractivity contribution < 1.29 is 8.78 Å². The molecule has 0 aliphatic rings. The Balaban J connectivity index is 1.49. The number of aryl methyl sites for hydroxylation is 1. The third-order valence-corrected chi connectivity index (χ3v) is 6.04. The number of halogens is 2. The third-order valence-electron chi connectivity index (χ3n) is 6.04. The Labute approximate surface area is 205 Å². The van der Waals surface area contributed by atoms with Gasteiger partial charge in [-0.15, -0.1) is 10.2 Å². The van der Waals surface area contributed by atoms with E-state index in [1.165, 1.54) is 6.07 Å². The van der Waals surface area contributed by atoms with Gasteiger partial charge >= 0.3 is 5.69 Å². The summed E-state index contributed by atoms with van der Waals surface area (Å²) in [4.78, 5) is 17.5. The highest BCUT2D eigenvalue weighted by Gasteiger charge is 2.18. The lowest BCUT2D eigenvalue weighted by molar-refractivity contribution is 0.564. The molecule has 182 valence electrons. The molecule has 0 radical (unpaired) electrons. The Bertz CT molecular complexity index is 1520. The standard InChI is InChI=1S/C26H23F2N7O/c1-2-3-5-19-16-35(24-22(27)6-4-7-23(24)28)26(36)34(19)15-17-8-10-18(11-9-17)21-14-29-13-12-20(21)25-30-32-33-31-25/h4,6-14,16H,2-3,5,15H2,1H3,(H,30,31,32,33). The molecule has 0 unspecified atom stereocenters. The molecule has 0 fully saturated rings. The summed E-state index contributed by atoms with van der Waals surface area (Å²) in [5.41, 5.74) is 3.27. The number of hydrogen-bond donors (Lipinski definition) is 1. The largest absolute Gasteiger partial charge is 0.333 e. The average Bonchev–Trinajstić information content (AvgIpc) is 3.53. The fraction of sp³-hybridized carbons (Fsp3) is 0.192. The zero-order chi connectivity index (χ0) is 25.1. The number of nitrogens with zero attached hydrogens (tertiary/aromatic N) is 6. The van der Waals surface area contributed by atoms with Gasteiger partial charge in [0.2, 0.25) is 5.82 Å². The molecule has 1 N–H and O–H groups in total. The molecule has 8 nitrogen and oxygen atoms in total. The molecule has 0 saturated heterocycles. The Hall–Kier alpha value is -4.47. The summed E-state index contributed by atoms with van der Waals surface area (Å²) in [6, 6.07) is 13.1.